The Kier molecular flexibility index (Phi) is 2.93. The maximum atomic E-state index is 13.1. The van der Waals surface area contributed by atoms with Crippen molar-refractivity contribution in [1.82, 2.24) is 4.98 Å². The van der Waals surface area contributed by atoms with Gasteiger partial charge in [0.15, 0.2) is 0 Å². The van der Waals surface area contributed by atoms with Crippen LogP contribution in [0.4, 0.5) is 4.39 Å². The highest BCUT2D eigenvalue weighted by atomic mass is 19.1. The Bertz CT molecular complexity index is 529. The first kappa shape index (κ1) is 10.3. The molecule has 0 unspecified atom stereocenters. The zero-order valence-corrected chi connectivity index (χ0v) is 8.52. The highest BCUT2D eigenvalue weighted by Crippen LogP contribution is 2.23. The molecule has 1 aromatic carbocycles. The summed E-state index contributed by atoms with van der Waals surface area (Å²) >= 11 is 0. The number of halogens is 1. The van der Waals surface area contributed by atoms with Gasteiger partial charge in [-0.3, -0.25) is 4.98 Å². The van der Waals surface area contributed by atoms with E-state index in [-0.39, 0.29) is 12.2 Å². The average molecular weight is 212 g/mol. The molecule has 0 fully saturated rings. The molecule has 0 aliphatic heterocycles. The number of aromatic nitrogens is 1. The standard InChI is InChI=1S/C13H9FN2/c14-11-8-12(10-4-2-1-3-5-10)13(6-7-15)16-9-11/h1-5,8-9H,6H2. The van der Waals surface area contributed by atoms with E-state index in [2.05, 4.69) is 4.98 Å². The van der Waals surface area contributed by atoms with Gasteiger partial charge in [-0.25, -0.2) is 4.39 Å². The average Bonchev–Trinajstić information content (AvgIpc) is 2.33. The van der Waals surface area contributed by atoms with E-state index in [4.69, 9.17) is 5.26 Å². The van der Waals surface area contributed by atoms with Crippen molar-refractivity contribution in [2.24, 2.45) is 0 Å². The minimum Gasteiger partial charge on any atom is -0.257 e. The van der Waals surface area contributed by atoms with Crippen molar-refractivity contribution in [3.05, 3.63) is 54.1 Å². The van der Waals surface area contributed by atoms with Gasteiger partial charge in [-0.2, -0.15) is 5.26 Å². The van der Waals surface area contributed by atoms with Crippen molar-refractivity contribution in [3.63, 3.8) is 0 Å². The molecule has 2 aromatic rings. The zero-order valence-electron chi connectivity index (χ0n) is 8.52. The molecule has 1 aromatic heterocycles. The van der Waals surface area contributed by atoms with Crippen LogP contribution < -0.4 is 0 Å². The van der Waals surface area contributed by atoms with Gasteiger partial charge < -0.3 is 0 Å². The second-order valence-electron chi connectivity index (χ2n) is 3.35. The van der Waals surface area contributed by atoms with Crippen molar-refractivity contribution in [3.8, 4) is 17.2 Å². The van der Waals surface area contributed by atoms with E-state index in [0.29, 0.717) is 11.3 Å². The third-order valence-electron chi connectivity index (χ3n) is 2.27. The molecule has 0 saturated carbocycles. The topological polar surface area (TPSA) is 36.7 Å². The lowest BCUT2D eigenvalue weighted by Crippen LogP contribution is -1.94. The van der Waals surface area contributed by atoms with Crippen LogP contribution in [0.1, 0.15) is 5.69 Å². The van der Waals surface area contributed by atoms with Crippen LogP contribution in [-0.4, -0.2) is 4.98 Å². The molecule has 0 bridgehead atoms. The summed E-state index contributed by atoms with van der Waals surface area (Å²) in [4.78, 5) is 3.95. The summed E-state index contributed by atoms with van der Waals surface area (Å²) in [7, 11) is 0. The van der Waals surface area contributed by atoms with Gasteiger partial charge in [0, 0.05) is 5.56 Å². The smallest absolute Gasteiger partial charge is 0.142 e. The van der Waals surface area contributed by atoms with Gasteiger partial charge in [0.25, 0.3) is 0 Å². The van der Waals surface area contributed by atoms with Crippen molar-refractivity contribution >= 4 is 0 Å². The summed E-state index contributed by atoms with van der Waals surface area (Å²) in [6.45, 7) is 0. The fourth-order valence-electron chi connectivity index (χ4n) is 1.55. The van der Waals surface area contributed by atoms with Gasteiger partial charge in [-0.05, 0) is 11.6 Å². The second kappa shape index (κ2) is 4.54. The van der Waals surface area contributed by atoms with Gasteiger partial charge in [-0.1, -0.05) is 30.3 Å². The summed E-state index contributed by atoms with van der Waals surface area (Å²) in [6.07, 6.45) is 1.32. The van der Waals surface area contributed by atoms with Crippen molar-refractivity contribution in [2.75, 3.05) is 0 Å². The van der Waals surface area contributed by atoms with Crippen LogP contribution in [0.2, 0.25) is 0 Å². The lowest BCUT2D eigenvalue weighted by Gasteiger charge is -2.05. The Balaban J connectivity index is 2.55. The highest BCUT2D eigenvalue weighted by molar-refractivity contribution is 5.66. The number of pyridine rings is 1. The predicted molar refractivity (Wildman–Crippen MR) is 58.9 cm³/mol. The monoisotopic (exact) mass is 212 g/mol. The summed E-state index contributed by atoms with van der Waals surface area (Å²) in [6, 6.07) is 12.8. The van der Waals surface area contributed by atoms with Gasteiger partial charge in [-0.15, -0.1) is 0 Å². The largest absolute Gasteiger partial charge is 0.257 e. The van der Waals surface area contributed by atoms with Gasteiger partial charge in [0.2, 0.25) is 0 Å². The molecule has 0 spiro atoms. The number of hydrogen-bond acceptors (Lipinski definition) is 2. The molecular weight excluding hydrogens is 203 g/mol. The van der Waals surface area contributed by atoms with Crippen molar-refractivity contribution < 1.29 is 4.39 Å². The van der Waals surface area contributed by atoms with Crippen LogP contribution in [0.5, 0.6) is 0 Å². The van der Waals surface area contributed by atoms with Crippen molar-refractivity contribution in [1.29, 1.82) is 5.26 Å². The van der Waals surface area contributed by atoms with E-state index >= 15 is 0 Å². The first-order valence-electron chi connectivity index (χ1n) is 4.88. The van der Waals surface area contributed by atoms with Gasteiger partial charge in [0.1, 0.15) is 5.82 Å². The van der Waals surface area contributed by atoms with Crippen LogP contribution in [0.25, 0.3) is 11.1 Å². The maximum Gasteiger partial charge on any atom is 0.142 e. The van der Waals surface area contributed by atoms with E-state index in [0.717, 1.165) is 11.8 Å². The van der Waals surface area contributed by atoms with Gasteiger partial charge >= 0.3 is 0 Å². The van der Waals surface area contributed by atoms with Gasteiger partial charge in [0.05, 0.1) is 24.4 Å². The minimum absolute atomic E-state index is 0.185. The Labute approximate surface area is 93.0 Å². The third-order valence-corrected chi connectivity index (χ3v) is 2.27. The molecule has 0 aliphatic rings. The molecule has 16 heavy (non-hydrogen) atoms. The molecule has 3 heteroatoms. The predicted octanol–water partition coefficient (Wildman–Crippen LogP) is 2.95. The number of hydrogen-bond donors (Lipinski definition) is 0. The Morgan fingerprint density at radius 3 is 2.69 bits per heavy atom. The normalized spacial score (nSPS) is 9.75. The molecular formula is C13H9FN2. The van der Waals surface area contributed by atoms with E-state index < -0.39 is 0 Å². The lowest BCUT2D eigenvalue weighted by atomic mass is 10.0. The Morgan fingerprint density at radius 2 is 2.00 bits per heavy atom. The zero-order chi connectivity index (χ0) is 11.4. The van der Waals surface area contributed by atoms with E-state index in [9.17, 15) is 4.39 Å². The molecule has 0 atom stereocenters. The first-order chi connectivity index (χ1) is 7.81. The van der Waals surface area contributed by atoms with Crippen LogP contribution in [-0.2, 0) is 6.42 Å². The highest BCUT2D eigenvalue weighted by Gasteiger charge is 2.07. The molecule has 2 rings (SSSR count). The van der Waals surface area contributed by atoms with E-state index in [1.54, 1.807) is 0 Å². The fourth-order valence-corrected chi connectivity index (χ4v) is 1.55. The quantitative estimate of drug-likeness (QED) is 0.767. The van der Waals surface area contributed by atoms with E-state index in [1.807, 2.05) is 36.4 Å². The molecule has 0 radical (unpaired) electrons. The maximum absolute atomic E-state index is 13.1. The molecule has 0 saturated heterocycles. The summed E-state index contributed by atoms with van der Waals surface area (Å²) in [5, 5.41) is 8.68. The molecule has 78 valence electrons. The number of rotatable bonds is 2. The summed E-state index contributed by atoms with van der Waals surface area (Å²) in [5.41, 5.74) is 2.16. The molecule has 1 heterocycles. The first-order valence-corrected chi connectivity index (χ1v) is 4.88. The fraction of sp³-hybridized carbons (Fsp3) is 0.0769. The number of nitrogens with zero attached hydrogens (tertiary/aromatic N) is 2. The van der Waals surface area contributed by atoms with E-state index in [1.165, 1.54) is 6.07 Å². The number of benzene rings is 1. The molecule has 0 amide bonds. The van der Waals surface area contributed by atoms with Crippen LogP contribution in [0.15, 0.2) is 42.6 Å². The Hall–Kier alpha value is -2.21. The summed E-state index contributed by atoms with van der Waals surface area (Å²) in [5.74, 6) is -0.388. The van der Waals surface area contributed by atoms with Crippen LogP contribution in [0.3, 0.4) is 0 Å². The third kappa shape index (κ3) is 2.06. The van der Waals surface area contributed by atoms with Crippen molar-refractivity contribution in [2.45, 2.75) is 6.42 Å². The van der Waals surface area contributed by atoms with Crippen LogP contribution >= 0.6 is 0 Å². The molecule has 2 nitrogen and oxygen atoms in total. The lowest BCUT2D eigenvalue weighted by molar-refractivity contribution is 0.620. The Morgan fingerprint density at radius 1 is 1.25 bits per heavy atom. The second-order valence-corrected chi connectivity index (χ2v) is 3.35. The molecule has 0 aliphatic carbocycles. The SMILES string of the molecule is N#CCc1ncc(F)cc1-c1ccccc1. The minimum atomic E-state index is -0.388. The van der Waals surface area contributed by atoms with Crippen LogP contribution in [0, 0.1) is 17.1 Å². The molecule has 0 N–H and O–H groups in total. The summed E-state index contributed by atoms with van der Waals surface area (Å²) < 4.78 is 13.1. The number of nitriles is 1.